The molecule has 1 N–H and O–H groups in total. The molecule has 0 aliphatic rings. The number of hydrogen-bond acceptors (Lipinski definition) is 4. The standard InChI is InChI=1S/C25H24N2O4/c1-17-8-6-7-11-19(17)16-27-21-12-13-31-23(21)15-22(27)24(28)26-20(25(29)30-2)14-18-9-4-3-5-10-18/h3-13,15,20H,14,16H2,1-2H3,(H,26,28). The number of esters is 1. The van der Waals surface area contributed by atoms with Crippen LogP contribution in [0.5, 0.6) is 0 Å². The number of furan rings is 1. The van der Waals surface area contributed by atoms with Crippen LogP contribution in [0.15, 0.2) is 77.4 Å². The lowest BCUT2D eigenvalue weighted by Gasteiger charge is -2.18. The average Bonchev–Trinajstić information content (AvgIpc) is 3.37. The maximum Gasteiger partial charge on any atom is 0.328 e. The number of aryl methyl sites for hydroxylation is 1. The van der Waals surface area contributed by atoms with Crippen LogP contribution in [0.2, 0.25) is 0 Å². The van der Waals surface area contributed by atoms with Crippen molar-refractivity contribution in [1.29, 1.82) is 0 Å². The third-order valence-corrected chi connectivity index (χ3v) is 5.42. The van der Waals surface area contributed by atoms with E-state index in [1.54, 1.807) is 12.3 Å². The molecule has 2 aromatic carbocycles. The molecular weight excluding hydrogens is 392 g/mol. The molecule has 0 saturated carbocycles. The van der Waals surface area contributed by atoms with Gasteiger partial charge >= 0.3 is 5.97 Å². The van der Waals surface area contributed by atoms with E-state index < -0.39 is 12.0 Å². The Labute approximate surface area is 180 Å². The van der Waals surface area contributed by atoms with Crippen molar-refractivity contribution < 1.29 is 18.7 Å². The number of fused-ring (bicyclic) bond motifs is 1. The SMILES string of the molecule is COC(=O)C(Cc1ccccc1)NC(=O)c1cc2occc2n1Cc1ccccc1C. The molecule has 0 aliphatic carbocycles. The molecule has 2 heterocycles. The van der Waals surface area contributed by atoms with Gasteiger partial charge < -0.3 is 19.0 Å². The predicted octanol–water partition coefficient (Wildman–Crippen LogP) is 4.11. The van der Waals surface area contributed by atoms with Gasteiger partial charge in [-0.05, 0) is 23.6 Å². The Kier molecular flexibility index (Phi) is 5.89. The summed E-state index contributed by atoms with van der Waals surface area (Å²) in [6.07, 6.45) is 1.95. The zero-order chi connectivity index (χ0) is 21.8. The predicted molar refractivity (Wildman–Crippen MR) is 118 cm³/mol. The van der Waals surface area contributed by atoms with Crippen LogP contribution in [0, 0.1) is 6.92 Å². The van der Waals surface area contributed by atoms with Crippen LogP contribution >= 0.6 is 0 Å². The maximum atomic E-state index is 13.2. The summed E-state index contributed by atoms with van der Waals surface area (Å²) in [6.45, 7) is 2.55. The van der Waals surface area contributed by atoms with Crippen molar-refractivity contribution in [3.8, 4) is 0 Å². The van der Waals surface area contributed by atoms with Gasteiger partial charge in [0.05, 0.1) is 18.9 Å². The number of carbonyl (C=O) groups excluding carboxylic acids is 2. The molecule has 6 heteroatoms. The van der Waals surface area contributed by atoms with E-state index in [0.29, 0.717) is 24.2 Å². The Bertz CT molecular complexity index is 1210. The van der Waals surface area contributed by atoms with Crippen LogP contribution in [-0.4, -0.2) is 29.6 Å². The molecular formula is C25H24N2O4. The molecule has 0 saturated heterocycles. The minimum Gasteiger partial charge on any atom is -0.467 e. The van der Waals surface area contributed by atoms with Gasteiger partial charge in [-0.15, -0.1) is 0 Å². The highest BCUT2D eigenvalue weighted by Gasteiger charge is 2.25. The van der Waals surface area contributed by atoms with Gasteiger partial charge in [-0.1, -0.05) is 54.6 Å². The van der Waals surface area contributed by atoms with Gasteiger partial charge in [0.25, 0.3) is 5.91 Å². The summed E-state index contributed by atoms with van der Waals surface area (Å²) in [5.74, 6) is -0.843. The molecule has 4 aromatic rings. The average molecular weight is 416 g/mol. The summed E-state index contributed by atoms with van der Waals surface area (Å²) >= 11 is 0. The monoisotopic (exact) mass is 416 g/mol. The zero-order valence-electron chi connectivity index (χ0n) is 17.5. The van der Waals surface area contributed by atoms with E-state index in [-0.39, 0.29) is 5.91 Å². The Morgan fingerprint density at radius 2 is 1.81 bits per heavy atom. The van der Waals surface area contributed by atoms with E-state index in [4.69, 9.17) is 9.15 Å². The van der Waals surface area contributed by atoms with Crippen molar-refractivity contribution >= 4 is 23.0 Å². The fourth-order valence-electron chi connectivity index (χ4n) is 3.71. The van der Waals surface area contributed by atoms with E-state index >= 15 is 0 Å². The number of benzene rings is 2. The topological polar surface area (TPSA) is 73.5 Å². The fourth-order valence-corrected chi connectivity index (χ4v) is 3.71. The number of rotatable bonds is 7. The second-order valence-corrected chi connectivity index (χ2v) is 7.45. The summed E-state index contributed by atoms with van der Waals surface area (Å²) in [5.41, 5.74) is 5.05. The lowest BCUT2D eigenvalue weighted by atomic mass is 10.1. The minimum absolute atomic E-state index is 0.341. The summed E-state index contributed by atoms with van der Waals surface area (Å²) in [5, 5.41) is 2.85. The highest BCUT2D eigenvalue weighted by atomic mass is 16.5. The second-order valence-electron chi connectivity index (χ2n) is 7.45. The Balaban J connectivity index is 1.64. The number of ether oxygens (including phenoxy) is 1. The third-order valence-electron chi connectivity index (χ3n) is 5.42. The van der Waals surface area contributed by atoms with Crippen molar-refractivity contribution in [3.63, 3.8) is 0 Å². The number of hydrogen-bond donors (Lipinski definition) is 1. The fraction of sp³-hybridized carbons (Fsp3) is 0.200. The number of nitrogens with zero attached hydrogens (tertiary/aromatic N) is 1. The molecule has 1 unspecified atom stereocenters. The first-order chi connectivity index (χ1) is 15.1. The third kappa shape index (κ3) is 4.38. The van der Waals surface area contributed by atoms with Crippen LogP contribution in [0.25, 0.3) is 11.1 Å². The number of aromatic nitrogens is 1. The first kappa shape index (κ1) is 20.5. The number of amides is 1. The van der Waals surface area contributed by atoms with Crippen LogP contribution in [-0.2, 0) is 22.5 Å². The molecule has 0 spiro atoms. The Morgan fingerprint density at radius 3 is 2.55 bits per heavy atom. The quantitative estimate of drug-likeness (QED) is 0.460. The normalized spacial score (nSPS) is 11.9. The van der Waals surface area contributed by atoms with Crippen LogP contribution in [0.1, 0.15) is 27.2 Å². The molecule has 0 aliphatic heterocycles. The maximum absolute atomic E-state index is 13.2. The second kappa shape index (κ2) is 8.92. The number of nitrogens with one attached hydrogen (secondary N) is 1. The summed E-state index contributed by atoms with van der Waals surface area (Å²) in [7, 11) is 1.32. The largest absolute Gasteiger partial charge is 0.467 e. The van der Waals surface area contributed by atoms with Gasteiger partial charge in [-0.2, -0.15) is 0 Å². The molecule has 158 valence electrons. The van der Waals surface area contributed by atoms with Crippen LogP contribution in [0.4, 0.5) is 0 Å². The highest BCUT2D eigenvalue weighted by molar-refractivity contribution is 5.99. The van der Waals surface area contributed by atoms with Crippen molar-refractivity contribution in [2.75, 3.05) is 7.11 Å². The van der Waals surface area contributed by atoms with E-state index in [1.807, 2.05) is 72.2 Å². The first-order valence-corrected chi connectivity index (χ1v) is 10.1. The van der Waals surface area contributed by atoms with Crippen molar-refractivity contribution in [2.24, 2.45) is 0 Å². The molecule has 1 atom stereocenters. The van der Waals surface area contributed by atoms with Gasteiger partial charge in [-0.3, -0.25) is 4.79 Å². The summed E-state index contributed by atoms with van der Waals surface area (Å²) < 4.78 is 12.4. The highest BCUT2D eigenvalue weighted by Crippen LogP contribution is 2.23. The van der Waals surface area contributed by atoms with Gasteiger partial charge in [0.2, 0.25) is 0 Å². The van der Waals surface area contributed by atoms with Crippen molar-refractivity contribution in [2.45, 2.75) is 25.9 Å². The lowest BCUT2D eigenvalue weighted by molar-refractivity contribution is -0.142. The molecule has 2 aromatic heterocycles. The van der Waals surface area contributed by atoms with Gasteiger partial charge in [0.1, 0.15) is 11.7 Å². The molecule has 0 bridgehead atoms. The summed E-state index contributed by atoms with van der Waals surface area (Å²) in [6, 6.07) is 20.3. The van der Waals surface area contributed by atoms with Gasteiger partial charge in [-0.25, -0.2) is 4.79 Å². The van der Waals surface area contributed by atoms with Crippen molar-refractivity contribution in [1.82, 2.24) is 9.88 Å². The van der Waals surface area contributed by atoms with E-state index in [1.165, 1.54) is 7.11 Å². The van der Waals surface area contributed by atoms with Crippen LogP contribution in [0.3, 0.4) is 0 Å². The van der Waals surface area contributed by atoms with Crippen LogP contribution < -0.4 is 5.32 Å². The molecule has 6 nitrogen and oxygen atoms in total. The number of methoxy groups -OCH3 is 1. The van der Waals surface area contributed by atoms with E-state index in [0.717, 1.165) is 22.2 Å². The smallest absolute Gasteiger partial charge is 0.328 e. The van der Waals surface area contributed by atoms with E-state index in [9.17, 15) is 9.59 Å². The van der Waals surface area contributed by atoms with E-state index in [2.05, 4.69) is 5.32 Å². The van der Waals surface area contributed by atoms with Gasteiger partial charge in [0.15, 0.2) is 5.58 Å². The van der Waals surface area contributed by atoms with Gasteiger partial charge in [0, 0.05) is 25.1 Å². The summed E-state index contributed by atoms with van der Waals surface area (Å²) in [4.78, 5) is 25.6. The Hall–Kier alpha value is -3.80. The lowest BCUT2D eigenvalue weighted by Crippen LogP contribution is -2.43. The molecule has 0 radical (unpaired) electrons. The first-order valence-electron chi connectivity index (χ1n) is 10.1. The molecule has 1 amide bonds. The van der Waals surface area contributed by atoms with Crippen molar-refractivity contribution in [3.05, 3.63) is 95.4 Å². The number of carbonyl (C=O) groups is 2. The molecule has 0 fully saturated rings. The zero-order valence-corrected chi connectivity index (χ0v) is 17.5. The molecule has 4 rings (SSSR count). The molecule has 31 heavy (non-hydrogen) atoms. The Morgan fingerprint density at radius 1 is 1.06 bits per heavy atom. The minimum atomic E-state index is -0.798.